The lowest BCUT2D eigenvalue weighted by Crippen LogP contribution is -2.15. The number of rotatable bonds is 7. The Hall–Kier alpha value is -2.36. The number of carboxylic acids is 1. The Labute approximate surface area is 148 Å². The van der Waals surface area contributed by atoms with Crippen molar-refractivity contribution in [3.8, 4) is 16.9 Å². The highest BCUT2D eigenvalue weighted by Gasteiger charge is 2.22. The molecule has 2 rings (SSSR count). The van der Waals surface area contributed by atoms with E-state index in [4.69, 9.17) is 4.74 Å². The number of carboxylic acid groups (broad SMARTS) is 1. The molecule has 2 aromatic rings. The highest BCUT2D eigenvalue weighted by Crippen LogP contribution is 2.33. The molecule has 1 atom stereocenters. The van der Waals surface area contributed by atoms with Crippen LogP contribution >= 0.6 is 0 Å². The molecule has 0 fully saturated rings. The van der Waals surface area contributed by atoms with Crippen molar-refractivity contribution in [2.75, 3.05) is 0 Å². The molecule has 1 unspecified atom stereocenters. The Morgan fingerprint density at radius 2 is 1.68 bits per heavy atom. The Morgan fingerprint density at radius 3 is 2.20 bits per heavy atom. The third-order valence-electron chi connectivity index (χ3n) is 3.89. The van der Waals surface area contributed by atoms with E-state index in [-0.39, 0.29) is 17.8 Å². The first-order chi connectivity index (χ1) is 11.8. The van der Waals surface area contributed by atoms with Crippen molar-refractivity contribution in [3.63, 3.8) is 0 Å². The Morgan fingerprint density at radius 1 is 1.04 bits per heavy atom. The van der Waals surface area contributed by atoms with Gasteiger partial charge in [0.25, 0.3) is 0 Å². The average Bonchev–Trinajstić information content (AvgIpc) is 2.52. The van der Waals surface area contributed by atoms with E-state index in [0.29, 0.717) is 17.7 Å². The van der Waals surface area contributed by atoms with Gasteiger partial charge in [0.1, 0.15) is 11.6 Å². The topological polar surface area (TPSA) is 46.5 Å². The number of aliphatic carboxylic acids is 1. The molecule has 25 heavy (non-hydrogen) atoms. The average molecular weight is 344 g/mol. The minimum atomic E-state index is -0.847. The van der Waals surface area contributed by atoms with Crippen LogP contribution in [0.2, 0.25) is 0 Å². The van der Waals surface area contributed by atoms with E-state index >= 15 is 0 Å². The minimum Gasteiger partial charge on any atom is -0.491 e. The van der Waals surface area contributed by atoms with Crippen LogP contribution in [0.4, 0.5) is 4.39 Å². The van der Waals surface area contributed by atoms with Crippen LogP contribution < -0.4 is 4.74 Å². The second-order valence-electron chi connectivity index (χ2n) is 6.98. The molecular formula is C21H25FO3. The maximum absolute atomic E-state index is 13.2. The summed E-state index contributed by atoms with van der Waals surface area (Å²) in [6.45, 7) is 7.86. The molecule has 0 bridgehead atoms. The van der Waals surface area contributed by atoms with Crippen molar-refractivity contribution in [1.29, 1.82) is 0 Å². The van der Waals surface area contributed by atoms with Crippen molar-refractivity contribution in [3.05, 3.63) is 53.8 Å². The molecule has 0 spiro atoms. The van der Waals surface area contributed by atoms with E-state index < -0.39 is 11.9 Å². The Bertz CT molecular complexity index is 720. The van der Waals surface area contributed by atoms with Gasteiger partial charge in [-0.1, -0.05) is 32.0 Å². The predicted molar refractivity (Wildman–Crippen MR) is 97.4 cm³/mol. The van der Waals surface area contributed by atoms with E-state index in [0.717, 1.165) is 11.1 Å². The highest BCUT2D eigenvalue weighted by atomic mass is 19.1. The molecule has 0 saturated carbocycles. The summed E-state index contributed by atoms with van der Waals surface area (Å²) in [5.74, 6) is -0.871. The lowest BCUT2D eigenvalue weighted by molar-refractivity contribution is -0.139. The molecule has 0 aromatic heterocycles. The molecule has 134 valence electrons. The zero-order valence-corrected chi connectivity index (χ0v) is 15.1. The smallest absolute Gasteiger partial charge is 0.310 e. The van der Waals surface area contributed by atoms with Gasteiger partial charge in [-0.15, -0.1) is 0 Å². The maximum atomic E-state index is 13.2. The fourth-order valence-electron chi connectivity index (χ4n) is 2.82. The van der Waals surface area contributed by atoms with Crippen molar-refractivity contribution in [2.24, 2.45) is 5.92 Å². The lowest BCUT2D eigenvalue weighted by atomic mass is 9.88. The molecule has 1 N–H and O–H groups in total. The molecule has 0 aliphatic rings. The monoisotopic (exact) mass is 344 g/mol. The van der Waals surface area contributed by atoms with Gasteiger partial charge >= 0.3 is 5.97 Å². The standard InChI is InChI=1S/C21H25FO3/c1-13(2)9-20(21(23)24)17-10-16(11-19(12-17)25-14(3)4)15-5-7-18(22)8-6-15/h5-8,10-14,20H,9H2,1-4H3,(H,23,24). The zero-order chi connectivity index (χ0) is 18.6. The predicted octanol–water partition coefficient (Wildman–Crippen LogP) is 5.49. The summed E-state index contributed by atoms with van der Waals surface area (Å²) in [6.07, 6.45) is 0.522. The first-order valence-corrected chi connectivity index (χ1v) is 8.56. The molecular weight excluding hydrogens is 319 g/mol. The van der Waals surface area contributed by atoms with Crippen LogP contribution in [0, 0.1) is 11.7 Å². The van der Waals surface area contributed by atoms with E-state index in [9.17, 15) is 14.3 Å². The SMILES string of the molecule is CC(C)CC(C(=O)O)c1cc(OC(C)C)cc(-c2ccc(F)cc2)c1. The Balaban J connectivity index is 2.52. The first kappa shape index (κ1) is 19.0. The number of benzene rings is 2. The second kappa shape index (κ2) is 8.15. The van der Waals surface area contributed by atoms with E-state index in [1.54, 1.807) is 18.2 Å². The van der Waals surface area contributed by atoms with Crippen LogP contribution in [0.1, 0.15) is 45.6 Å². The number of hydrogen-bond acceptors (Lipinski definition) is 2. The fourth-order valence-corrected chi connectivity index (χ4v) is 2.82. The summed E-state index contributed by atoms with van der Waals surface area (Å²) >= 11 is 0. The molecule has 0 radical (unpaired) electrons. The third-order valence-corrected chi connectivity index (χ3v) is 3.89. The summed E-state index contributed by atoms with van der Waals surface area (Å²) in [4.78, 5) is 11.8. The van der Waals surface area contributed by atoms with Gasteiger partial charge in [0.15, 0.2) is 0 Å². The van der Waals surface area contributed by atoms with E-state index in [1.165, 1.54) is 12.1 Å². The molecule has 3 nitrogen and oxygen atoms in total. The second-order valence-corrected chi connectivity index (χ2v) is 6.98. The molecule has 0 aliphatic heterocycles. The summed E-state index contributed by atoms with van der Waals surface area (Å²) in [5, 5.41) is 9.66. The van der Waals surface area contributed by atoms with Gasteiger partial charge in [-0.3, -0.25) is 4.79 Å². The molecule has 2 aromatic carbocycles. The highest BCUT2D eigenvalue weighted by molar-refractivity contribution is 5.78. The van der Waals surface area contributed by atoms with Crippen LogP contribution in [0.3, 0.4) is 0 Å². The van der Waals surface area contributed by atoms with Gasteiger partial charge in [-0.2, -0.15) is 0 Å². The van der Waals surface area contributed by atoms with Gasteiger partial charge in [0.2, 0.25) is 0 Å². The van der Waals surface area contributed by atoms with Gasteiger partial charge in [0, 0.05) is 0 Å². The van der Waals surface area contributed by atoms with Crippen LogP contribution in [0.25, 0.3) is 11.1 Å². The van der Waals surface area contributed by atoms with Crippen molar-refractivity contribution in [2.45, 2.75) is 46.1 Å². The fraction of sp³-hybridized carbons (Fsp3) is 0.381. The third kappa shape index (κ3) is 5.31. The quantitative estimate of drug-likeness (QED) is 0.722. The number of hydrogen-bond donors (Lipinski definition) is 1. The summed E-state index contributed by atoms with van der Waals surface area (Å²) in [5.41, 5.74) is 2.35. The summed E-state index contributed by atoms with van der Waals surface area (Å²) in [7, 11) is 0. The molecule has 0 heterocycles. The summed E-state index contributed by atoms with van der Waals surface area (Å²) < 4.78 is 19.0. The maximum Gasteiger partial charge on any atom is 0.310 e. The van der Waals surface area contributed by atoms with Crippen LogP contribution in [-0.4, -0.2) is 17.2 Å². The largest absolute Gasteiger partial charge is 0.491 e. The van der Waals surface area contributed by atoms with Gasteiger partial charge in [-0.05, 0) is 67.1 Å². The number of halogens is 1. The summed E-state index contributed by atoms with van der Waals surface area (Å²) in [6, 6.07) is 11.7. The zero-order valence-electron chi connectivity index (χ0n) is 15.1. The van der Waals surface area contributed by atoms with Crippen molar-refractivity contribution >= 4 is 5.97 Å². The van der Waals surface area contributed by atoms with E-state index in [1.807, 2.05) is 39.8 Å². The normalized spacial score (nSPS) is 12.4. The first-order valence-electron chi connectivity index (χ1n) is 8.56. The van der Waals surface area contributed by atoms with Gasteiger partial charge < -0.3 is 9.84 Å². The van der Waals surface area contributed by atoms with E-state index in [2.05, 4.69) is 0 Å². The Kier molecular flexibility index (Phi) is 6.18. The van der Waals surface area contributed by atoms with Crippen LogP contribution in [0.15, 0.2) is 42.5 Å². The lowest BCUT2D eigenvalue weighted by Gasteiger charge is -2.19. The van der Waals surface area contributed by atoms with Gasteiger partial charge in [0.05, 0.1) is 12.0 Å². The van der Waals surface area contributed by atoms with Crippen LogP contribution in [0.5, 0.6) is 5.75 Å². The van der Waals surface area contributed by atoms with Crippen molar-refractivity contribution in [1.82, 2.24) is 0 Å². The van der Waals surface area contributed by atoms with Gasteiger partial charge in [-0.25, -0.2) is 4.39 Å². The number of ether oxygens (including phenoxy) is 1. The molecule has 0 saturated heterocycles. The van der Waals surface area contributed by atoms with Crippen LogP contribution in [-0.2, 0) is 4.79 Å². The molecule has 0 amide bonds. The molecule has 0 aliphatic carbocycles. The minimum absolute atomic E-state index is 0.0234. The molecule has 4 heteroatoms. The van der Waals surface area contributed by atoms with Crippen molar-refractivity contribution < 1.29 is 19.0 Å². The number of carbonyl (C=O) groups is 1.